The van der Waals surface area contributed by atoms with Gasteiger partial charge in [0.05, 0.1) is 5.56 Å². The normalized spacial score (nSPS) is 19.7. The van der Waals surface area contributed by atoms with Crippen LogP contribution in [0, 0.1) is 6.92 Å². The van der Waals surface area contributed by atoms with E-state index in [1.165, 1.54) is 0 Å². The van der Waals surface area contributed by atoms with Crippen LogP contribution >= 0.6 is 0 Å². The molecule has 0 spiro atoms. The van der Waals surface area contributed by atoms with Gasteiger partial charge in [0.25, 0.3) is 5.91 Å². The molecule has 3 rings (SSSR count). The second-order valence-electron chi connectivity index (χ2n) is 6.99. The number of hydrogen-bond acceptors (Lipinski definition) is 6. The van der Waals surface area contributed by atoms with Gasteiger partial charge < -0.3 is 15.5 Å². The molecule has 2 N–H and O–H groups in total. The Kier molecular flexibility index (Phi) is 5.65. The average molecular weight is 354 g/mol. The summed E-state index contributed by atoms with van der Waals surface area (Å²) in [7, 11) is 3.95. The van der Waals surface area contributed by atoms with Crippen molar-refractivity contribution in [3.63, 3.8) is 0 Å². The lowest BCUT2D eigenvalue weighted by Gasteiger charge is -2.30. The quantitative estimate of drug-likeness (QED) is 0.858. The van der Waals surface area contributed by atoms with Crippen molar-refractivity contribution in [2.24, 2.45) is 0 Å². The van der Waals surface area contributed by atoms with E-state index < -0.39 is 0 Å². The van der Waals surface area contributed by atoms with Gasteiger partial charge in [-0.05, 0) is 44.7 Å². The largest absolute Gasteiger partial charge is 0.363 e. The predicted octanol–water partition coefficient (Wildman–Crippen LogP) is 2.40. The summed E-state index contributed by atoms with van der Waals surface area (Å²) in [6.07, 6.45) is 7.11. The molecule has 7 heteroatoms. The summed E-state index contributed by atoms with van der Waals surface area (Å²) in [4.78, 5) is 27.3. The molecule has 0 bridgehead atoms. The number of rotatable bonds is 5. The van der Waals surface area contributed by atoms with Gasteiger partial charge in [-0.15, -0.1) is 0 Å². The summed E-state index contributed by atoms with van der Waals surface area (Å²) >= 11 is 0. The molecule has 0 radical (unpaired) electrons. The number of hydrogen-bond donors (Lipinski definition) is 2. The second kappa shape index (κ2) is 8.12. The number of nitrogens with zero attached hydrogens (tertiary/aromatic N) is 4. The third kappa shape index (κ3) is 4.68. The molecule has 138 valence electrons. The van der Waals surface area contributed by atoms with E-state index in [1.807, 2.05) is 32.0 Å². The first-order chi connectivity index (χ1) is 12.5. The van der Waals surface area contributed by atoms with Crippen molar-refractivity contribution < 1.29 is 4.79 Å². The van der Waals surface area contributed by atoms with Crippen LogP contribution in [0.3, 0.4) is 0 Å². The molecule has 2 aromatic heterocycles. The van der Waals surface area contributed by atoms with E-state index in [1.54, 1.807) is 24.5 Å². The molecular formula is C19H26N6O. The molecular weight excluding hydrogens is 328 g/mol. The van der Waals surface area contributed by atoms with E-state index in [0.717, 1.165) is 37.2 Å². The molecule has 0 atom stereocenters. The summed E-state index contributed by atoms with van der Waals surface area (Å²) < 4.78 is 0. The first-order valence-corrected chi connectivity index (χ1v) is 9.01. The number of pyridine rings is 1. The maximum absolute atomic E-state index is 12.2. The Morgan fingerprint density at radius 2 is 1.88 bits per heavy atom. The molecule has 26 heavy (non-hydrogen) atoms. The molecule has 1 fully saturated rings. The van der Waals surface area contributed by atoms with Gasteiger partial charge in [0, 0.05) is 50.3 Å². The topological polar surface area (TPSA) is 83.0 Å². The fourth-order valence-electron chi connectivity index (χ4n) is 3.18. The van der Waals surface area contributed by atoms with Crippen molar-refractivity contribution in [3.8, 4) is 0 Å². The molecule has 1 aliphatic carbocycles. The fourth-order valence-corrected chi connectivity index (χ4v) is 3.18. The van der Waals surface area contributed by atoms with Crippen LogP contribution in [0.5, 0.6) is 0 Å². The lowest BCUT2D eigenvalue weighted by atomic mass is 9.91. The van der Waals surface area contributed by atoms with Gasteiger partial charge >= 0.3 is 0 Å². The maximum Gasteiger partial charge on any atom is 0.253 e. The summed E-state index contributed by atoms with van der Waals surface area (Å²) in [5.41, 5.74) is 1.56. The first-order valence-electron chi connectivity index (χ1n) is 9.01. The van der Waals surface area contributed by atoms with Gasteiger partial charge in [-0.25, -0.2) is 4.98 Å². The highest BCUT2D eigenvalue weighted by atomic mass is 16.1. The van der Waals surface area contributed by atoms with Crippen LogP contribution in [0.1, 0.15) is 41.7 Å². The van der Waals surface area contributed by atoms with Crippen molar-refractivity contribution in [1.82, 2.24) is 20.3 Å². The lowest BCUT2D eigenvalue weighted by Crippen LogP contribution is -2.40. The predicted molar refractivity (Wildman–Crippen MR) is 102 cm³/mol. The Morgan fingerprint density at radius 1 is 1.15 bits per heavy atom. The molecule has 0 aliphatic heterocycles. The van der Waals surface area contributed by atoms with Gasteiger partial charge in [0.1, 0.15) is 5.82 Å². The molecule has 1 aliphatic rings. The standard InChI is InChI=1S/C19H26N6O/c1-13-11-17(25(2)3)24-19(21-13)23-16-8-6-15(7-9-16)22-18(26)14-5-4-10-20-12-14/h4-5,10-12,15-16H,6-9H2,1-3H3,(H,22,26)(H,21,23,24). The van der Waals surface area contributed by atoms with Crippen LogP contribution in [0.2, 0.25) is 0 Å². The average Bonchev–Trinajstić information content (AvgIpc) is 2.63. The number of amides is 1. The lowest BCUT2D eigenvalue weighted by molar-refractivity contribution is 0.0926. The molecule has 7 nitrogen and oxygen atoms in total. The molecule has 0 aromatic carbocycles. The van der Waals surface area contributed by atoms with Gasteiger partial charge in [-0.2, -0.15) is 4.98 Å². The third-order valence-corrected chi connectivity index (χ3v) is 4.62. The molecule has 1 saturated carbocycles. The zero-order valence-corrected chi connectivity index (χ0v) is 15.6. The highest BCUT2D eigenvalue weighted by Crippen LogP contribution is 2.22. The minimum atomic E-state index is -0.0489. The first kappa shape index (κ1) is 18.1. The molecule has 1 amide bonds. The monoisotopic (exact) mass is 354 g/mol. The van der Waals surface area contributed by atoms with Crippen LogP contribution in [0.4, 0.5) is 11.8 Å². The number of carbonyl (C=O) groups is 1. The molecule has 0 unspecified atom stereocenters. The smallest absolute Gasteiger partial charge is 0.253 e. The summed E-state index contributed by atoms with van der Waals surface area (Å²) in [5.74, 6) is 1.53. The molecule has 0 saturated heterocycles. The van der Waals surface area contributed by atoms with Gasteiger partial charge in [0.2, 0.25) is 5.95 Å². The third-order valence-electron chi connectivity index (χ3n) is 4.62. The Labute approximate surface area is 154 Å². The Bertz CT molecular complexity index is 741. The van der Waals surface area contributed by atoms with Crippen LogP contribution in [0.25, 0.3) is 0 Å². The van der Waals surface area contributed by atoms with Gasteiger partial charge in [-0.3, -0.25) is 9.78 Å². The Hall–Kier alpha value is -2.70. The van der Waals surface area contributed by atoms with E-state index in [2.05, 4.69) is 25.6 Å². The van der Waals surface area contributed by atoms with Crippen molar-refractivity contribution in [2.45, 2.75) is 44.7 Å². The van der Waals surface area contributed by atoms with Crippen LogP contribution in [0.15, 0.2) is 30.6 Å². The van der Waals surface area contributed by atoms with Crippen molar-refractivity contribution in [2.75, 3.05) is 24.3 Å². The minimum absolute atomic E-state index is 0.0489. The number of carbonyl (C=O) groups excluding carboxylic acids is 1. The number of nitrogens with one attached hydrogen (secondary N) is 2. The van der Waals surface area contributed by atoms with E-state index in [4.69, 9.17) is 0 Å². The highest BCUT2D eigenvalue weighted by Gasteiger charge is 2.23. The fraction of sp³-hybridized carbons (Fsp3) is 0.474. The van der Waals surface area contributed by atoms with Crippen LogP contribution in [-0.4, -0.2) is 47.0 Å². The SMILES string of the molecule is Cc1cc(N(C)C)nc(NC2CCC(NC(=O)c3cccnc3)CC2)n1. The number of anilines is 2. The Balaban J connectivity index is 1.52. The minimum Gasteiger partial charge on any atom is -0.363 e. The van der Waals surface area contributed by atoms with E-state index in [9.17, 15) is 4.79 Å². The number of aromatic nitrogens is 3. The van der Waals surface area contributed by atoms with E-state index >= 15 is 0 Å². The van der Waals surface area contributed by atoms with Crippen LogP contribution < -0.4 is 15.5 Å². The summed E-state index contributed by atoms with van der Waals surface area (Å²) in [5, 5.41) is 6.56. The van der Waals surface area contributed by atoms with Crippen molar-refractivity contribution in [3.05, 3.63) is 41.9 Å². The molecule has 2 heterocycles. The van der Waals surface area contributed by atoms with Gasteiger partial charge in [0.15, 0.2) is 0 Å². The van der Waals surface area contributed by atoms with E-state index in [0.29, 0.717) is 17.6 Å². The van der Waals surface area contributed by atoms with Crippen molar-refractivity contribution >= 4 is 17.7 Å². The summed E-state index contributed by atoms with van der Waals surface area (Å²) in [6, 6.07) is 6.07. The second-order valence-corrected chi connectivity index (χ2v) is 6.99. The van der Waals surface area contributed by atoms with Gasteiger partial charge in [-0.1, -0.05) is 0 Å². The maximum atomic E-state index is 12.2. The zero-order chi connectivity index (χ0) is 18.5. The zero-order valence-electron chi connectivity index (χ0n) is 15.6. The van der Waals surface area contributed by atoms with Crippen molar-refractivity contribution in [1.29, 1.82) is 0 Å². The number of aryl methyl sites for hydroxylation is 1. The van der Waals surface area contributed by atoms with Crippen LogP contribution in [-0.2, 0) is 0 Å². The summed E-state index contributed by atoms with van der Waals surface area (Å²) in [6.45, 7) is 1.98. The molecule has 2 aromatic rings. The Morgan fingerprint density at radius 3 is 2.54 bits per heavy atom. The highest BCUT2D eigenvalue weighted by molar-refractivity contribution is 5.94. The van der Waals surface area contributed by atoms with E-state index in [-0.39, 0.29) is 11.9 Å².